The summed E-state index contributed by atoms with van der Waals surface area (Å²) in [5, 5.41) is 13.0. The van der Waals surface area contributed by atoms with Crippen molar-refractivity contribution in [2.24, 2.45) is 0 Å². The number of pyridine rings is 1. The second kappa shape index (κ2) is 8.07. The van der Waals surface area contributed by atoms with Crippen LogP contribution in [-0.4, -0.2) is 42.6 Å². The minimum absolute atomic E-state index is 0.334. The summed E-state index contributed by atoms with van der Waals surface area (Å²) in [7, 11) is 1.59. The number of rotatable bonds is 7. The summed E-state index contributed by atoms with van der Waals surface area (Å²) in [5.74, 6) is 0.580. The van der Waals surface area contributed by atoms with Crippen molar-refractivity contribution in [1.82, 2.24) is 4.98 Å². The van der Waals surface area contributed by atoms with Crippen molar-refractivity contribution >= 4 is 5.69 Å². The Bertz CT molecular complexity index is 377. The molecule has 0 bridgehead atoms. The van der Waals surface area contributed by atoms with Gasteiger partial charge in [-0.1, -0.05) is 19.3 Å². The smallest absolute Gasteiger partial charge is 0.213 e. The lowest BCUT2D eigenvalue weighted by atomic mass is 9.98. The lowest BCUT2D eigenvalue weighted by molar-refractivity contribution is -0.0195. The molecule has 5 nitrogen and oxygen atoms in total. The van der Waals surface area contributed by atoms with E-state index in [0.29, 0.717) is 25.1 Å². The number of nitrogens with zero attached hydrogens (tertiary/aromatic N) is 1. The average Bonchev–Trinajstić information content (AvgIpc) is 2.52. The molecule has 0 aliphatic heterocycles. The molecule has 20 heavy (non-hydrogen) atoms. The Morgan fingerprint density at radius 2 is 2.15 bits per heavy atom. The summed E-state index contributed by atoms with van der Waals surface area (Å²) in [5.41, 5.74) is 0.863. The summed E-state index contributed by atoms with van der Waals surface area (Å²) in [6.45, 7) is 0.849. The molecule has 1 heterocycles. The molecule has 0 spiro atoms. The molecule has 0 saturated heterocycles. The number of methoxy groups -OCH3 is 1. The molecule has 1 saturated carbocycles. The minimum Gasteiger partial charge on any atom is -0.481 e. The molecule has 1 aromatic heterocycles. The fourth-order valence-corrected chi connectivity index (χ4v) is 2.38. The van der Waals surface area contributed by atoms with Gasteiger partial charge in [0.2, 0.25) is 5.88 Å². The maximum Gasteiger partial charge on any atom is 0.213 e. The van der Waals surface area contributed by atoms with E-state index in [0.717, 1.165) is 18.5 Å². The largest absolute Gasteiger partial charge is 0.481 e. The first-order valence-electron chi connectivity index (χ1n) is 7.31. The molecule has 2 rings (SSSR count). The van der Waals surface area contributed by atoms with Crippen molar-refractivity contribution in [1.29, 1.82) is 0 Å². The molecule has 1 unspecified atom stereocenters. The van der Waals surface area contributed by atoms with Gasteiger partial charge in [0.05, 0.1) is 37.8 Å². The molecule has 112 valence electrons. The second-order valence-electron chi connectivity index (χ2n) is 5.22. The highest BCUT2D eigenvalue weighted by atomic mass is 16.5. The van der Waals surface area contributed by atoms with Crippen LogP contribution in [0.5, 0.6) is 5.88 Å². The summed E-state index contributed by atoms with van der Waals surface area (Å²) in [4.78, 5) is 4.10. The molecule has 5 heteroatoms. The van der Waals surface area contributed by atoms with Crippen LogP contribution >= 0.6 is 0 Å². The Morgan fingerprint density at radius 3 is 2.80 bits per heavy atom. The Morgan fingerprint density at radius 1 is 1.35 bits per heavy atom. The number of hydrogen-bond acceptors (Lipinski definition) is 5. The molecule has 1 aliphatic rings. The SMILES string of the molecule is COc1ccc(NCC(O)COC2CCCCC2)cn1. The van der Waals surface area contributed by atoms with Gasteiger partial charge in [0.25, 0.3) is 0 Å². The Hall–Kier alpha value is -1.33. The van der Waals surface area contributed by atoms with Crippen LogP contribution in [0.3, 0.4) is 0 Å². The predicted molar refractivity (Wildman–Crippen MR) is 78.1 cm³/mol. The van der Waals surface area contributed by atoms with E-state index in [4.69, 9.17) is 9.47 Å². The van der Waals surface area contributed by atoms with Gasteiger partial charge < -0.3 is 19.9 Å². The topological polar surface area (TPSA) is 63.6 Å². The summed E-state index contributed by atoms with van der Waals surface area (Å²) in [6.07, 6.45) is 7.58. The molecule has 0 radical (unpaired) electrons. The van der Waals surface area contributed by atoms with Gasteiger partial charge in [-0.05, 0) is 18.9 Å². The van der Waals surface area contributed by atoms with Crippen LogP contribution in [0.1, 0.15) is 32.1 Å². The first kappa shape index (κ1) is 15.1. The summed E-state index contributed by atoms with van der Waals surface area (Å²) >= 11 is 0. The number of nitrogens with one attached hydrogen (secondary N) is 1. The predicted octanol–water partition coefficient (Wildman–Crippen LogP) is 2.21. The molecule has 1 aromatic rings. The molecular formula is C15H24N2O3. The Kier molecular flexibility index (Phi) is 6.08. The highest BCUT2D eigenvalue weighted by Gasteiger charge is 2.15. The van der Waals surface area contributed by atoms with Gasteiger partial charge in [0.1, 0.15) is 0 Å². The fourth-order valence-electron chi connectivity index (χ4n) is 2.38. The highest BCUT2D eigenvalue weighted by molar-refractivity contribution is 5.42. The zero-order valence-electron chi connectivity index (χ0n) is 12.0. The van der Waals surface area contributed by atoms with E-state index in [2.05, 4.69) is 10.3 Å². The van der Waals surface area contributed by atoms with Crippen molar-refractivity contribution < 1.29 is 14.6 Å². The normalized spacial score (nSPS) is 17.7. The van der Waals surface area contributed by atoms with Crippen molar-refractivity contribution in [3.8, 4) is 5.88 Å². The highest BCUT2D eigenvalue weighted by Crippen LogP contribution is 2.20. The van der Waals surface area contributed by atoms with Gasteiger partial charge in [0, 0.05) is 12.6 Å². The lowest BCUT2D eigenvalue weighted by Gasteiger charge is -2.23. The van der Waals surface area contributed by atoms with Gasteiger partial charge in [-0.2, -0.15) is 0 Å². The van der Waals surface area contributed by atoms with Crippen LogP contribution in [0.15, 0.2) is 18.3 Å². The van der Waals surface area contributed by atoms with E-state index in [-0.39, 0.29) is 0 Å². The summed E-state index contributed by atoms with van der Waals surface area (Å²) < 4.78 is 10.7. The molecule has 1 atom stereocenters. The number of aromatic nitrogens is 1. The summed E-state index contributed by atoms with van der Waals surface area (Å²) in [6, 6.07) is 3.66. The number of aliphatic hydroxyl groups is 1. The zero-order chi connectivity index (χ0) is 14.2. The first-order valence-corrected chi connectivity index (χ1v) is 7.31. The number of ether oxygens (including phenoxy) is 2. The molecular weight excluding hydrogens is 256 g/mol. The van der Waals surface area contributed by atoms with Gasteiger partial charge in [0.15, 0.2) is 0 Å². The Labute approximate surface area is 120 Å². The average molecular weight is 280 g/mol. The monoisotopic (exact) mass is 280 g/mol. The van der Waals surface area contributed by atoms with E-state index < -0.39 is 6.10 Å². The van der Waals surface area contributed by atoms with Gasteiger partial charge in [-0.3, -0.25) is 0 Å². The first-order chi connectivity index (χ1) is 9.78. The van der Waals surface area contributed by atoms with E-state index >= 15 is 0 Å². The number of hydrogen-bond donors (Lipinski definition) is 2. The van der Waals surface area contributed by atoms with E-state index in [1.807, 2.05) is 6.07 Å². The lowest BCUT2D eigenvalue weighted by Crippen LogP contribution is -2.28. The second-order valence-corrected chi connectivity index (χ2v) is 5.22. The van der Waals surface area contributed by atoms with Crippen LogP contribution in [0, 0.1) is 0 Å². The van der Waals surface area contributed by atoms with Crippen LogP contribution in [0.2, 0.25) is 0 Å². The van der Waals surface area contributed by atoms with E-state index in [1.165, 1.54) is 19.3 Å². The number of aliphatic hydroxyl groups excluding tert-OH is 1. The molecule has 0 amide bonds. The zero-order valence-corrected chi connectivity index (χ0v) is 12.0. The van der Waals surface area contributed by atoms with Crippen molar-refractivity contribution in [3.05, 3.63) is 18.3 Å². The van der Waals surface area contributed by atoms with Crippen molar-refractivity contribution in [3.63, 3.8) is 0 Å². The molecule has 1 aliphatic carbocycles. The minimum atomic E-state index is -0.501. The third kappa shape index (κ3) is 4.98. The van der Waals surface area contributed by atoms with E-state index in [9.17, 15) is 5.11 Å². The van der Waals surface area contributed by atoms with Crippen molar-refractivity contribution in [2.75, 3.05) is 25.6 Å². The van der Waals surface area contributed by atoms with Crippen LogP contribution in [-0.2, 0) is 4.74 Å². The quantitative estimate of drug-likeness (QED) is 0.802. The van der Waals surface area contributed by atoms with E-state index in [1.54, 1.807) is 19.4 Å². The van der Waals surface area contributed by atoms with Crippen molar-refractivity contribution in [2.45, 2.75) is 44.3 Å². The standard InChI is InChI=1S/C15H24N2O3/c1-19-15-8-7-12(9-17-15)16-10-13(18)11-20-14-5-3-2-4-6-14/h7-9,13-14,16,18H,2-6,10-11H2,1H3. The fraction of sp³-hybridized carbons (Fsp3) is 0.667. The third-order valence-corrected chi connectivity index (χ3v) is 3.56. The molecule has 1 fully saturated rings. The van der Waals surface area contributed by atoms with Gasteiger partial charge in [-0.15, -0.1) is 0 Å². The molecule has 0 aromatic carbocycles. The Balaban J connectivity index is 1.64. The molecule has 2 N–H and O–H groups in total. The maximum absolute atomic E-state index is 9.91. The van der Waals surface area contributed by atoms with Crippen LogP contribution in [0.25, 0.3) is 0 Å². The van der Waals surface area contributed by atoms with Gasteiger partial charge in [-0.25, -0.2) is 4.98 Å². The maximum atomic E-state index is 9.91. The van der Waals surface area contributed by atoms with Crippen LogP contribution < -0.4 is 10.1 Å². The number of anilines is 1. The van der Waals surface area contributed by atoms with Crippen LogP contribution in [0.4, 0.5) is 5.69 Å². The third-order valence-electron chi connectivity index (χ3n) is 3.56. The van der Waals surface area contributed by atoms with Gasteiger partial charge >= 0.3 is 0 Å².